The Morgan fingerprint density at radius 1 is 1.16 bits per heavy atom. The summed E-state index contributed by atoms with van der Waals surface area (Å²) in [7, 11) is 0. The molecule has 0 heterocycles. The van der Waals surface area contributed by atoms with Crippen molar-refractivity contribution >= 4 is 5.78 Å². The van der Waals surface area contributed by atoms with Crippen LogP contribution in [0.3, 0.4) is 0 Å². The van der Waals surface area contributed by atoms with E-state index in [0.29, 0.717) is 19.4 Å². The fraction of sp³-hybridized carbons (Fsp3) is 0.929. The molecule has 112 valence electrons. The highest BCUT2D eigenvalue weighted by atomic mass is 19.4. The number of ketones is 1. The van der Waals surface area contributed by atoms with Crippen LogP contribution in [-0.2, 0) is 9.53 Å². The van der Waals surface area contributed by atoms with Gasteiger partial charge in [-0.1, -0.05) is 25.7 Å². The molecule has 1 aliphatic rings. The molecule has 0 unspecified atom stereocenters. The van der Waals surface area contributed by atoms with E-state index in [4.69, 9.17) is 4.74 Å². The standard InChI is InChI=1S/C14H23F3O2/c1-2-19-13(9-5-3-4-6-10-13)12(18)8-7-11-14(15,16)17/h2-11H2,1H3. The van der Waals surface area contributed by atoms with Crippen LogP contribution < -0.4 is 0 Å². The van der Waals surface area contributed by atoms with Crippen LogP contribution in [0.2, 0.25) is 0 Å². The van der Waals surface area contributed by atoms with E-state index in [1.807, 2.05) is 6.92 Å². The van der Waals surface area contributed by atoms with E-state index in [1.165, 1.54) is 0 Å². The summed E-state index contributed by atoms with van der Waals surface area (Å²) in [6, 6.07) is 0. The van der Waals surface area contributed by atoms with Gasteiger partial charge in [0.15, 0.2) is 5.78 Å². The molecule has 0 radical (unpaired) electrons. The van der Waals surface area contributed by atoms with Crippen LogP contribution in [0.15, 0.2) is 0 Å². The van der Waals surface area contributed by atoms with Crippen molar-refractivity contribution in [1.82, 2.24) is 0 Å². The molecule has 1 saturated carbocycles. The Bertz CT molecular complexity index is 279. The number of Topliss-reactive ketones (excluding diaryl/α,β-unsaturated/α-hetero) is 1. The van der Waals surface area contributed by atoms with Crippen LogP contribution in [0, 0.1) is 0 Å². The Labute approximate surface area is 112 Å². The van der Waals surface area contributed by atoms with Gasteiger partial charge in [0, 0.05) is 19.4 Å². The molecule has 0 atom stereocenters. The average molecular weight is 280 g/mol. The maximum Gasteiger partial charge on any atom is 0.389 e. The van der Waals surface area contributed by atoms with E-state index in [9.17, 15) is 18.0 Å². The van der Waals surface area contributed by atoms with Crippen molar-refractivity contribution in [3.05, 3.63) is 0 Å². The highest BCUT2D eigenvalue weighted by Gasteiger charge is 2.39. The van der Waals surface area contributed by atoms with E-state index in [2.05, 4.69) is 0 Å². The summed E-state index contributed by atoms with van der Waals surface area (Å²) in [4.78, 5) is 12.3. The zero-order chi connectivity index (χ0) is 14.4. The molecule has 0 aromatic heterocycles. The molecule has 5 heteroatoms. The molecule has 0 aromatic rings. The van der Waals surface area contributed by atoms with Gasteiger partial charge in [-0.2, -0.15) is 13.2 Å². The number of alkyl halides is 3. The zero-order valence-corrected chi connectivity index (χ0v) is 11.5. The zero-order valence-electron chi connectivity index (χ0n) is 11.5. The van der Waals surface area contributed by atoms with Crippen LogP contribution in [0.25, 0.3) is 0 Å². The first-order valence-corrected chi connectivity index (χ1v) is 7.14. The van der Waals surface area contributed by atoms with Crippen molar-refractivity contribution in [2.75, 3.05) is 6.61 Å². The van der Waals surface area contributed by atoms with Crippen LogP contribution in [0.5, 0.6) is 0 Å². The van der Waals surface area contributed by atoms with Crippen molar-refractivity contribution in [1.29, 1.82) is 0 Å². The van der Waals surface area contributed by atoms with Crippen molar-refractivity contribution in [3.8, 4) is 0 Å². The lowest BCUT2D eigenvalue weighted by Gasteiger charge is -2.31. The maximum absolute atomic E-state index is 12.3. The summed E-state index contributed by atoms with van der Waals surface area (Å²) in [5.74, 6) is -0.138. The molecule has 0 saturated heterocycles. The van der Waals surface area contributed by atoms with Crippen molar-refractivity contribution in [2.45, 2.75) is 76.5 Å². The van der Waals surface area contributed by atoms with Crippen molar-refractivity contribution in [2.24, 2.45) is 0 Å². The second kappa shape index (κ2) is 7.27. The summed E-state index contributed by atoms with van der Waals surface area (Å²) in [6.45, 7) is 2.26. The fourth-order valence-electron chi connectivity index (χ4n) is 2.76. The van der Waals surface area contributed by atoms with Crippen LogP contribution in [0.1, 0.15) is 64.7 Å². The van der Waals surface area contributed by atoms with Crippen LogP contribution in [0.4, 0.5) is 13.2 Å². The molecule has 0 amide bonds. The summed E-state index contributed by atoms with van der Waals surface area (Å²) >= 11 is 0. The van der Waals surface area contributed by atoms with E-state index in [1.54, 1.807) is 0 Å². The predicted octanol–water partition coefficient (Wildman–Crippen LogP) is 4.42. The smallest absolute Gasteiger partial charge is 0.368 e. The molecule has 0 spiro atoms. The van der Waals surface area contributed by atoms with Crippen LogP contribution in [-0.4, -0.2) is 24.2 Å². The number of carbonyl (C=O) groups excluding carboxylic acids is 1. The number of rotatable bonds is 6. The molecule has 0 N–H and O–H groups in total. The van der Waals surface area contributed by atoms with Crippen molar-refractivity contribution in [3.63, 3.8) is 0 Å². The first kappa shape index (κ1) is 16.5. The first-order chi connectivity index (χ1) is 8.90. The topological polar surface area (TPSA) is 26.3 Å². The second-order valence-corrected chi connectivity index (χ2v) is 5.23. The van der Waals surface area contributed by atoms with Gasteiger partial charge in [-0.3, -0.25) is 4.79 Å². The van der Waals surface area contributed by atoms with E-state index < -0.39 is 18.2 Å². The van der Waals surface area contributed by atoms with Gasteiger partial charge in [0.25, 0.3) is 0 Å². The Balaban J connectivity index is 2.56. The Morgan fingerprint density at radius 3 is 2.21 bits per heavy atom. The molecule has 1 fully saturated rings. The number of hydrogen-bond acceptors (Lipinski definition) is 2. The van der Waals surface area contributed by atoms with Crippen LogP contribution >= 0.6 is 0 Å². The van der Waals surface area contributed by atoms with Crippen molar-refractivity contribution < 1.29 is 22.7 Å². The van der Waals surface area contributed by atoms with Gasteiger partial charge in [-0.25, -0.2) is 0 Å². The average Bonchev–Trinajstić information content (AvgIpc) is 2.54. The third-order valence-corrected chi connectivity index (χ3v) is 3.70. The molecule has 2 nitrogen and oxygen atoms in total. The van der Waals surface area contributed by atoms with Gasteiger partial charge < -0.3 is 4.74 Å². The van der Waals surface area contributed by atoms with E-state index in [-0.39, 0.29) is 18.6 Å². The highest BCUT2D eigenvalue weighted by molar-refractivity contribution is 5.87. The molecule has 1 aliphatic carbocycles. The monoisotopic (exact) mass is 280 g/mol. The minimum Gasteiger partial charge on any atom is -0.368 e. The van der Waals surface area contributed by atoms with Gasteiger partial charge >= 0.3 is 6.18 Å². The van der Waals surface area contributed by atoms with Gasteiger partial charge in [0.1, 0.15) is 5.60 Å². The summed E-state index contributed by atoms with van der Waals surface area (Å²) in [5.41, 5.74) is -0.809. The quantitative estimate of drug-likeness (QED) is 0.673. The number of halogens is 3. The third kappa shape index (κ3) is 5.51. The number of ether oxygens (including phenoxy) is 1. The molecular formula is C14H23F3O2. The van der Waals surface area contributed by atoms with E-state index >= 15 is 0 Å². The molecular weight excluding hydrogens is 257 g/mol. The lowest BCUT2D eigenvalue weighted by molar-refractivity contribution is -0.149. The maximum atomic E-state index is 12.3. The molecule has 0 aromatic carbocycles. The van der Waals surface area contributed by atoms with Gasteiger partial charge in [0.05, 0.1) is 0 Å². The first-order valence-electron chi connectivity index (χ1n) is 7.14. The Kier molecular flexibility index (Phi) is 6.30. The number of carbonyl (C=O) groups is 1. The Hall–Kier alpha value is -0.580. The van der Waals surface area contributed by atoms with Gasteiger partial charge in [0.2, 0.25) is 0 Å². The predicted molar refractivity (Wildman–Crippen MR) is 67.0 cm³/mol. The third-order valence-electron chi connectivity index (χ3n) is 3.70. The molecule has 0 aliphatic heterocycles. The Morgan fingerprint density at radius 2 is 1.74 bits per heavy atom. The lowest BCUT2D eigenvalue weighted by atomic mass is 9.87. The normalized spacial score (nSPS) is 20.0. The van der Waals surface area contributed by atoms with Gasteiger partial charge in [-0.15, -0.1) is 0 Å². The molecule has 1 rings (SSSR count). The molecule has 19 heavy (non-hydrogen) atoms. The lowest BCUT2D eigenvalue weighted by Crippen LogP contribution is -2.41. The summed E-state index contributed by atoms with van der Waals surface area (Å²) < 4.78 is 42.0. The minimum absolute atomic E-state index is 0.0283. The van der Waals surface area contributed by atoms with E-state index in [0.717, 1.165) is 25.7 Å². The second-order valence-electron chi connectivity index (χ2n) is 5.23. The number of hydrogen-bond donors (Lipinski definition) is 0. The molecule has 0 bridgehead atoms. The summed E-state index contributed by atoms with van der Waals surface area (Å²) in [6.07, 6.45) is 0.0861. The largest absolute Gasteiger partial charge is 0.389 e. The summed E-state index contributed by atoms with van der Waals surface area (Å²) in [5, 5.41) is 0. The minimum atomic E-state index is -4.18. The van der Waals surface area contributed by atoms with Gasteiger partial charge in [-0.05, 0) is 26.2 Å². The fourth-order valence-corrected chi connectivity index (χ4v) is 2.76. The highest BCUT2D eigenvalue weighted by Crippen LogP contribution is 2.33. The SMILES string of the molecule is CCOC1(C(=O)CCCC(F)(F)F)CCCCCC1.